The third-order valence-electron chi connectivity index (χ3n) is 5.96. The summed E-state index contributed by atoms with van der Waals surface area (Å²) >= 11 is 0. The number of anilines is 3. The number of benzene rings is 2. The second-order valence-electron chi connectivity index (χ2n) is 8.02. The molecule has 31 heavy (non-hydrogen) atoms. The molecule has 2 aromatic heterocycles. The van der Waals surface area contributed by atoms with Gasteiger partial charge < -0.3 is 15.5 Å². The Morgan fingerprint density at radius 2 is 2.03 bits per heavy atom. The Kier molecular flexibility index (Phi) is 4.52. The molecule has 8 nitrogen and oxygen atoms in total. The fourth-order valence-corrected chi connectivity index (χ4v) is 4.38. The number of aryl methyl sites for hydroxylation is 2. The van der Waals surface area contributed by atoms with E-state index < -0.39 is 5.82 Å². The number of nitrogens with one attached hydrogen (secondary N) is 2. The van der Waals surface area contributed by atoms with Crippen LogP contribution in [0.2, 0.25) is 0 Å². The summed E-state index contributed by atoms with van der Waals surface area (Å²) in [6.07, 6.45) is 2.83. The van der Waals surface area contributed by atoms with Crippen LogP contribution in [0.25, 0.3) is 21.8 Å². The third kappa shape index (κ3) is 3.25. The van der Waals surface area contributed by atoms with Crippen molar-refractivity contribution >= 4 is 39.0 Å². The van der Waals surface area contributed by atoms with Crippen LogP contribution in [0.15, 0.2) is 30.5 Å². The number of halogens is 1. The summed E-state index contributed by atoms with van der Waals surface area (Å²) in [5, 5.41) is 26.6. The van der Waals surface area contributed by atoms with Crippen molar-refractivity contribution in [2.24, 2.45) is 14.1 Å². The minimum absolute atomic E-state index is 0.326. The summed E-state index contributed by atoms with van der Waals surface area (Å²) < 4.78 is 17.8. The summed E-state index contributed by atoms with van der Waals surface area (Å²) in [6, 6.07) is 9.98. The maximum atomic E-state index is 14.5. The van der Waals surface area contributed by atoms with E-state index in [1.807, 2.05) is 26.2 Å². The van der Waals surface area contributed by atoms with E-state index in [1.165, 1.54) is 6.07 Å². The molecular formula is C22H23FN8. The van der Waals surface area contributed by atoms with Crippen LogP contribution in [0.3, 0.4) is 0 Å². The lowest BCUT2D eigenvalue weighted by atomic mass is 10.1. The molecule has 9 heteroatoms. The van der Waals surface area contributed by atoms with Crippen LogP contribution in [0.1, 0.15) is 12.0 Å². The zero-order chi connectivity index (χ0) is 21.7. The summed E-state index contributed by atoms with van der Waals surface area (Å²) in [4.78, 5) is 2.28. The van der Waals surface area contributed by atoms with Crippen LogP contribution in [-0.4, -0.2) is 45.7 Å². The van der Waals surface area contributed by atoms with Crippen LogP contribution in [0, 0.1) is 17.1 Å². The lowest BCUT2D eigenvalue weighted by molar-refractivity contribution is 0.617. The van der Waals surface area contributed by atoms with Crippen LogP contribution in [0.5, 0.6) is 0 Å². The van der Waals surface area contributed by atoms with Gasteiger partial charge in [0, 0.05) is 56.2 Å². The van der Waals surface area contributed by atoms with Gasteiger partial charge >= 0.3 is 0 Å². The predicted molar refractivity (Wildman–Crippen MR) is 119 cm³/mol. The molecule has 1 aliphatic heterocycles. The highest BCUT2D eigenvalue weighted by atomic mass is 19.1. The molecule has 1 aliphatic rings. The summed E-state index contributed by atoms with van der Waals surface area (Å²) in [6.45, 7) is 1.84. The van der Waals surface area contributed by atoms with Crippen molar-refractivity contribution in [3.8, 4) is 6.07 Å². The molecule has 0 bridgehead atoms. The summed E-state index contributed by atoms with van der Waals surface area (Å²) in [5.74, 6) is 0.120. The lowest BCUT2D eigenvalue weighted by Gasteiger charge is -2.19. The zero-order valence-corrected chi connectivity index (χ0v) is 17.6. The van der Waals surface area contributed by atoms with Crippen molar-refractivity contribution in [1.82, 2.24) is 24.9 Å². The number of aromatic nitrogens is 4. The average Bonchev–Trinajstić information content (AvgIpc) is 3.45. The highest BCUT2D eigenvalue weighted by molar-refractivity contribution is 5.99. The Balaban J connectivity index is 1.57. The number of hydrogen-bond donors (Lipinski definition) is 2. The van der Waals surface area contributed by atoms with Gasteiger partial charge in [0.15, 0.2) is 11.6 Å². The van der Waals surface area contributed by atoms with Gasteiger partial charge in [-0.3, -0.25) is 9.36 Å². The fraction of sp³-hybridized carbons (Fsp3) is 0.318. The van der Waals surface area contributed by atoms with Crippen molar-refractivity contribution in [3.63, 3.8) is 0 Å². The number of hydrogen-bond acceptors (Lipinski definition) is 6. The van der Waals surface area contributed by atoms with Gasteiger partial charge in [0.2, 0.25) is 0 Å². The number of nitrogens with zero attached hydrogens (tertiary/aromatic N) is 6. The maximum Gasteiger partial charge on any atom is 0.161 e. The van der Waals surface area contributed by atoms with Gasteiger partial charge in [-0.1, -0.05) is 0 Å². The molecule has 5 rings (SSSR count). The van der Waals surface area contributed by atoms with Crippen molar-refractivity contribution in [1.29, 1.82) is 5.26 Å². The number of nitriles is 1. The molecular weight excluding hydrogens is 395 g/mol. The molecule has 1 unspecified atom stereocenters. The first-order valence-electron chi connectivity index (χ1n) is 10.2. The lowest BCUT2D eigenvalue weighted by Crippen LogP contribution is -2.29. The van der Waals surface area contributed by atoms with E-state index >= 15 is 0 Å². The van der Waals surface area contributed by atoms with Crippen LogP contribution in [0.4, 0.5) is 21.6 Å². The second kappa shape index (κ2) is 7.25. The Bertz CT molecular complexity index is 1350. The van der Waals surface area contributed by atoms with Gasteiger partial charge in [-0.15, -0.1) is 0 Å². The number of fused-ring (bicyclic) bond motifs is 2. The predicted octanol–water partition coefficient (Wildman–Crippen LogP) is 3.01. The van der Waals surface area contributed by atoms with Gasteiger partial charge in [0.1, 0.15) is 11.6 Å². The SMILES string of the molecule is CNC1CCN(c2cc(C#N)c3c(Nc4cc(F)c5nn(C)cc5c4)nn(C)c3c2)C1. The van der Waals surface area contributed by atoms with Crippen molar-refractivity contribution in [2.45, 2.75) is 12.5 Å². The van der Waals surface area contributed by atoms with Gasteiger partial charge in [0.25, 0.3) is 0 Å². The van der Waals surface area contributed by atoms with E-state index in [9.17, 15) is 9.65 Å². The second-order valence-corrected chi connectivity index (χ2v) is 8.02. The molecule has 0 radical (unpaired) electrons. The Morgan fingerprint density at radius 3 is 2.77 bits per heavy atom. The molecule has 4 aromatic rings. The Hall–Kier alpha value is -3.64. The molecule has 0 saturated carbocycles. The first-order valence-corrected chi connectivity index (χ1v) is 10.2. The van der Waals surface area contributed by atoms with Crippen molar-refractivity contribution in [3.05, 3.63) is 41.8 Å². The van der Waals surface area contributed by atoms with Gasteiger partial charge in [-0.25, -0.2) is 4.39 Å². The molecule has 2 aromatic carbocycles. The first kappa shape index (κ1) is 19.3. The minimum atomic E-state index is -0.406. The van der Waals surface area contributed by atoms with E-state index in [0.717, 1.165) is 36.1 Å². The van der Waals surface area contributed by atoms with Crippen LogP contribution in [-0.2, 0) is 14.1 Å². The van der Waals surface area contributed by atoms with Gasteiger partial charge in [-0.05, 0) is 37.7 Å². The molecule has 3 heterocycles. The quantitative estimate of drug-likeness (QED) is 0.530. The molecule has 0 amide bonds. The maximum absolute atomic E-state index is 14.5. The molecule has 2 N–H and O–H groups in total. The van der Waals surface area contributed by atoms with E-state index in [2.05, 4.69) is 37.9 Å². The number of likely N-dealkylation sites (N-methyl/N-ethyl adjacent to an activating group) is 1. The van der Waals surface area contributed by atoms with Crippen molar-refractivity contribution < 1.29 is 4.39 Å². The molecule has 1 saturated heterocycles. The van der Waals surface area contributed by atoms with E-state index in [-0.39, 0.29) is 0 Å². The van der Waals surface area contributed by atoms with Gasteiger partial charge in [0.05, 0.1) is 16.5 Å². The highest BCUT2D eigenvalue weighted by Gasteiger charge is 2.24. The van der Waals surface area contributed by atoms with E-state index in [0.29, 0.717) is 34.0 Å². The zero-order valence-electron chi connectivity index (χ0n) is 17.6. The Labute approximate surface area is 178 Å². The normalized spacial score (nSPS) is 16.4. The fourth-order valence-electron chi connectivity index (χ4n) is 4.38. The monoisotopic (exact) mass is 418 g/mol. The standard InChI is InChI=1S/C22H23FN8/c1-25-15-4-5-31(12-15)17-7-13(10-24)20-19(9-17)30(3)28-22(20)26-16-6-14-11-29(2)27-21(14)18(23)8-16/h6-9,11,15,25H,4-5,12H2,1-3H3,(H,26,28). The molecule has 1 atom stereocenters. The topological polar surface area (TPSA) is 86.7 Å². The molecule has 0 aliphatic carbocycles. The van der Waals surface area contributed by atoms with Gasteiger partial charge in [-0.2, -0.15) is 15.5 Å². The van der Waals surface area contributed by atoms with Crippen LogP contribution < -0.4 is 15.5 Å². The van der Waals surface area contributed by atoms with Crippen molar-refractivity contribution in [2.75, 3.05) is 30.4 Å². The first-order chi connectivity index (χ1) is 15.0. The summed E-state index contributed by atoms with van der Waals surface area (Å²) in [5.41, 5.74) is 3.29. The van der Waals surface area contributed by atoms with E-state index in [1.54, 1.807) is 22.6 Å². The summed E-state index contributed by atoms with van der Waals surface area (Å²) in [7, 11) is 5.58. The molecule has 1 fully saturated rings. The minimum Gasteiger partial charge on any atom is -0.370 e. The average molecular weight is 418 g/mol. The Morgan fingerprint density at radius 1 is 1.19 bits per heavy atom. The molecule has 0 spiro atoms. The number of rotatable bonds is 4. The highest BCUT2D eigenvalue weighted by Crippen LogP contribution is 2.34. The van der Waals surface area contributed by atoms with E-state index in [4.69, 9.17) is 0 Å². The smallest absolute Gasteiger partial charge is 0.161 e. The van der Waals surface area contributed by atoms with Crippen LogP contribution >= 0.6 is 0 Å². The largest absolute Gasteiger partial charge is 0.370 e. The third-order valence-corrected chi connectivity index (χ3v) is 5.96. The molecule has 158 valence electrons.